The molecular weight excluding hydrogens is 226 g/mol. The van der Waals surface area contributed by atoms with Gasteiger partial charge in [-0.15, -0.1) is 0 Å². The lowest BCUT2D eigenvalue weighted by molar-refractivity contribution is 0.0873. The molecular formula is C15H21NO2. The molecule has 1 aliphatic carbocycles. The van der Waals surface area contributed by atoms with Crippen molar-refractivity contribution in [1.29, 1.82) is 0 Å². The molecule has 98 valence electrons. The Balaban J connectivity index is 1.98. The van der Waals surface area contributed by atoms with Crippen molar-refractivity contribution in [1.82, 2.24) is 0 Å². The molecule has 0 radical (unpaired) electrons. The van der Waals surface area contributed by atoms with Gasteiger partial charge in [-0.2, -0.15) is 0 Å². The number of carbonyl (C=O) groups is 1. The molecule has 0 atom stereocenters. The van der Waals surface area contributed by atoms with Crippen LogP contribution in [0.3, 0.4) is 0 Å². The van der Waals surface area contributed by atoms with Crippen LogP contribution in [0.4, 0.5) is 0 Å². The second-order valence-electron chi connectivity index (χ2n) is 5.05. The van der Waals surface area contributed by atoms with Gasteiger partial charge in [0.1, 0.15) is 5.75 Å². The summed E-state index contributed by atoms with van der Waals surface area (Å²) < 4.78 is 5.10. The summed E-state index contributed by atoms with van der Waals surface area (Å²) in [6.45, 7) is 0.753. The molecule has 0 unspecified atom stereocenters. The third kappa shape index (κ3) is 2.91. The molecule has 0 bridgehead atoms. The summed E-state index contributed by atoms with van der Waals surface area (Å²) in [5.74, 6) is 1.86. The predicted molar refractivity (Wildman–Crippen MR) is 71.8 cm³/mol. The smallest absolute Gasteiger partial charge is 0.165 e. The fourth-order valence-electron chi connectivity index (χ4n) is 2.65. The highest BCUT2D eigenvalue weighted by molar-refractivity contribution is 5.97. The highest BCUT2D eigenvalue weighted by atomic mass is 16.5. The van der Waals surface area contributed by atoms with Crippen LogP contribution in [0.2, 0.25) is 0 Å². The van der Waals surface area contributed by atoms with Crippen LogP contribution in [0.5, 0.6) is 5.75 Å². The molecule has 1 aromatic rings. The van der Waals surface area contributed by atoms with Crippen LogP contribution in [0, 0.1) is 11.8 Å². The van der Waals surface area contributed by atoms with Gasteiger partial charge >= 0.3 is 0 Å². The molecule has 1 aliphatic rings. The van der Waals surface area contributed by atoms with E-state index in [-0.39, 0.29) is 11.7 Å². The molecule has 0 saturated heterocycles. The second kappa shape index (κ2) is 6.01. The van der Waals surface area contributed by atoms with E-state index >= 15 is 0 Å². The van der Waals surface area contributed by atoms with Crippen LogP contribution in [0.25, 0.3) is 0 Å². The summed E-state index contributed by atoms with van der Waals surface area (Å²) in [6, 6.07) is 7.41. The Labute approximate surface area is 108 Å². The summed E-state index contributed by atoms with van der Waals surface area (Å²) in [5, 5.41) is 0. The highest BCUT2D eigenvalue weighted by Crippen LogP contribution is 2.30. The molecule has 1 fully saturated rings. The first kappa shape index (κ1) is 13.1. The Bertz CT molecular complexity index is 391. The van der Waals surface area contributed by atoms with Gasteiger partial charge in [-0.1, -0.05) is 0 Å². The number of benzene rings is 1. The van der Waals surface area contributed by atoms with Gasteiger partial charge in [0.15, 0.2) is 5.78 Å². The molecule has 18 heavy (non-hydrogen) atoms. The van der Waals surface area contributed by atoms with E-state index in [1.165, 1.54) is 0 Å². The number of nitrogens with two attached hydrogens (primary N) is 1. The Kier molecular flexibility index (Phi) is 4.37. The lowest BCUT2D eigenvalue weighted by Gasteiger charge is -2.26. The molecule has 1 saturated carbocycles. The van der Waals surface area contributed by atoms with E-state index < -0.39 is 0 Å². The normalized spacial score (nSPS) is 23.7. The number of methoxy groups -OCH3 is 1. The number of Topliss-reactive ketones (excluding diaryl/α,β-unsaturated/α-hetero) is 1. The van der Waals surface area contributed by atoms with E-state index in [4.69, 9.17) is 10.5 Å². The van der Waals surface area contributed by atoms with Crippen LogP contribution in [-0.4, -0.2) is 19.4 Å². The fraction of sp³-hybridized carbons (Fsp3) is 0.533. The zero-order valence-electron chi connectivity index (χ0n) is 10.9. The monoisotopic (exact) mass is 247 g/mol. The van der Waals surface area contributed by atoms with Gasteiger partial charge in [0.2, 0.25) is 0 Å². The van der Waals surface area contributed by atoms with Crippen LogP contribution in [0.1, 0.15) is 36.0 Å². The number of hydrogen-bond acceptors (Lipinski definition) is 3. The van der Waals surface area contributed by atoms with E-state index in [0.717, 1.165) is 43.5 Å². The predicted octanol–water partition coefficient (Wildman–Crippen LogP) is 2.64. The average molecular weight is 247 g/mol. The van der Waals surface area contributed by atoms with Gasteiger partial charge in [0, 0.05) is 11.5 Å². The van der Waals surface area contributed by atoms with E-state index in [9.17, 15) is 4.79 Å². The third-order valence-corrected chi connectivity index (χ3v) is 3.93. The van der Waals surface area contributed by atoms with Gasteiger partial charge in [-0.25, -0.2) is 0 Å². The van der Waals surface area contributed by atoms with E-state index in [0.29, 0.717) is 5.92 Å². The molecule has 0 amide bonds. The average Bonchev–Trinajstić information content (AvgIpc) is 2.47. The molecule has 0 aromatic heterocycles. The number of hydrogen-bond donors (Lipinski definition) is 1. The lowest BCUT2D eigenvalue weighted by atomic mass is 9.78. The van der Waals surface area contributed by atoms with Crippen molar-refractivity contribution in [2.75, 3.05) is 13.7 Å². The Morgan fingerprint density at radius 3 is 2.33 bits per heavy atom. The van der Waals surface area contributed by atoms with Gasteiger partial charge in [0.25, 0.3) is 0 Å². The van der Waals surface area contributed by atoms with Crippen molar-refractivity contribution >= 4 is 5.78 Å². The first-order valence-electron chi connectivity index (χ1n) is 6.63. The van der Waals surface area contributed by atoms with Gasteiger partial charge < -0.3 is 10.5 Å². The molecule has 2 rings (SSSR count). The van der Waals surface area contributed by atoms with Crippen molar-refractivity contribution in [3.05, 3.63) is 29.8 Å². The minimum atomic E-state index is 0.182. The maximum absolute atomic E-state index is 12.3. The molecule has 3 nitrogen and oxygen atoms in total. The minimum Gasteiger partial charge on any atom is -0.497 e. The summed E-state index contributed by atoms with van der Waals surface area (Å²) in [7, 11) is 1.63. The number of carbonyl (C=O) groups excluding carboxylic acids is 1. The van der Waals surface area contributed by atoms with E-state index in [1.54, 1.807) is 7.11 Å². The lowest BCUT2D eigenvalue weighted by Crippen LogP contribution is -2.25. The molecule has 2 N–H and O–H groups in total. The van der Waals surface area contributed by atoms with Crippen molar-refractivity contribution < 1.29 is 9.53 Å². The van der Waals surface area contributed by atoms with Crippen LogP contribution < -0.4 is 10.5 Å². The van der Waals surface area contributed by atoms with Crippen LogP contribution in [-0.2, 0) is 0 Å². The van der Waals surface area contributed by atoms with Gasteiger partial charge in [-0.3, -0.25) is 4.79 Å². The van der Waals surface area contributed by atoms with Gasteiger partial charge in [0.05, 0.1) is 7.11 Å². The number of rotatable bonds is 4. The second-order valence-corrected chi connectivity index (χ2v) is 5.05. The maximum atomic E-state index is 12.3. The minimum absolute atomic E-state index is 0.182. The third-order valence-electron chi connectivity index (χ3n) is 3.93. The topological polar surface area (TPSA) is 52.3 Å². The first-order chi connectivity index (χ1) is 8.74. The highest BCUT2D eigenvalue weighted by Gasteiger charge is 2.26. The molecule has 1 aromatic carbocycles. The SMILES string of the molecule is COc1ccc(C(=O)[C@H]2CC[C@H](CN)CC2)cc1. The van der Waals surface area contributed by atoms with Crippen LogP contribution >= 0.6 is 0 Å². The standard InChI is InChI=1S/C15H21NO2/c1-18-14-8-6-13(7-9-14)15(17)12-4-2-11(10-16)3-5-12/h6-9,11-12H,2-5,10,16H2,1H3/t11-,12-. The van der Waals surface area contributed by atoms with Crippen LogP contribution in [0.15, 0.2) is 24.3 Å². The number of ether oxygens (including phenoxy) is 1. The molecule has 0 aliphatic heterocycles. The van der Waals surface area contributed by atoms with Crippen molar-refractivity contribution in [3.8, 4) is 5.75 Å². The Hall–Kier alpha value is -1.35. The zero-order valence-corrected chi connectivity index (χ0v) is 10.9. The summed E-state index contributed by atoms with van der Waals surface area (Å²) >= 11 is 0. The Morgan fingerprint density at radius 2 is 1.83 bits per heavy atom. The summed E-state index contributed by atoms with van der Waals surface area (Å²) in [5.41, 5.74) is 6.47. The maximum Gasteiger partial charge on any atom is 0.165 e. The van der Waals surface area contributed by atoms with E-state index in [1.807, 2.05) is 24.3 Å². The van der Waals surface area contributed by atoms with E-state index in [2.05, 4.69) is 0 Å². The molecule has 3 heteroatoms. The number of ketones is 1. The first-order valence-corrected chi connectivity index (χ1v) is 6.63. The fourth-order valence-corrected chi connectivity index (χ4v) is 2.65. The van der Waals surface area contributed by atoms with Crippen molar-refractivity contribution in [3.63, 3.8) is 0 Å². The Morgan fingerprint density at radius 1 is 1.22 bits per heavy atom. The summed E-state index contributed by atoms with van der Waals surface area (Å²) in [6.07, 6.45) is 4.13. The van der Waals surface area contributed by atoms with Crippen molar-refractivity contribution in [2.24, 2.45) is 17.6 Å². The van der Waals surface area contributed by atoms with Crippen molar-refractivity contribution in [2.45, 2.75) is 25.7 Å². The zero-order chi connectivity index (χ0) is 13.0. The largest absolute Gasteiger partial charge is 0.497 e. The molecule has 0 heterocycles. The molecule has 0 spiro atoms. The van der Waals surface area contributed by atoms with Gasteiger partial charge in [-0.05, 0) is 62.4 Å². The quantitative estimate of drug-likeness (QED) is 0.832. The summed E-state index contributed by atoms with van der Waals surface area (Å²) in [4.78, 5) is 12.3.